The third-order valence-electron chi connectivity index (χ3n) is 15.0. The first-order chi connectivity index (χ1) is 31.3. The van der Waals surface area contributed by atoms with Gasteiger partial charge in [-0.25, -0.2) is 0 Å². The standard InChI is InChI=1S/C63H42/c1-6-18-39(19-7-1)55-56(40-20-8-2-9-21-40)58(42-24-12-4-13-25-42)61(59(43-26-14-5-15-27-43)57(55)41-22-10-3-11-23-41)47-33-34-48-52-37-54-50-32-31-44-38-63(44)35-17-30-49(62(50)63)53(54)36-51(52)46-29-16-28-45(47)60(46)48/h1-28,30-37,44,46H,29,38H2. The molecule has 1 saturated carbocycles. The van der Waals surface area contributed by atoms with E-state index < -0.39 is 0 Å². The Kier molecular flexibility index (Phi) is 7.37. The van der Waals surface area contributed by atoms with Crippen molar-refractivity contribution in [2.75, 3.05) is 0 Å². The summed E-state index contributed by atoms with van der Waals surface area (Å²) < 4.78 is 0. The van der Waals surface area contributed by atoms with E-state index in [1.54, 1.807) is 5.57 Å². The largest absolute Gasteiger partial charge is 0.0830 e. The predicted molar refractivity (Wildman–Crippen MR) is 264 cm³/mol. The summed E-state index contributed by atoms with van der Waals surface area (Å²) in [6.07, 6.45) is 19.3. The highest BCUT2D eigenvalue weighted by molar-refractivity contribution is 6.16. The van der Waals surface area contributed by atoms with Crippen molar-refractivity contribution in [3.63, 3.8) is 0 Å². The van der Waals surface area contributed by atoms with Gasteiger partial charge in [-0.1, -0.05) is 206 Å². The molecule has 0 N–H and O–H groups in total. The van der Waals surface area contributed by atoms with Crippen molar-refractivity contribution >= 4 is 17.2 Å². The lowest BCUT2D eigenvalue weighted by molar-refractivity contribution is 0.751. The van der Waals surface area contributed by atoms with Gasteiger partial charge in [-0.15, -0.1) is 0 Å². The number of allylic oxidation sites excluding steroid dienone is 9. The maximum absolute atomic E-state index is 2.60. The molecule has 8 aromatic carbocycles. The Labute approximate surface area is 369 Å². The minimum atomic E-state index is 0.214. The Morgan fingerprint density at radius 1 is 0.444 bits per heavy atom. The van der Waals surface area contributed by atoms with E-state index in [1.165, 1.54) is 123 Å². The van der Waals surface area contributed by atoms with E-state index in [9.17, 15) is 0 Å². The maximum Gasteiger partial charge on any atom is 0.0216 e. The molecule has 14 rings (SSSR count). The number of hydrogen-bond donors (Lipinski definition) is 0. The van der Waals surface area contributed by atoms with Gasteiger partial charge in [0.2, 0.25) is 0 Å². The van der Waals surface area contributed by atoms with Crippen LogP contribution in [0.3, 0.4) is 0 Å². The molecule has 1 spiro atoms. The Morgan fingerprint density at radius 3 is 1.49 bits per heavy atom. The van der Waals surface area contributed by atoms with Crippen LogP contribution in [0.2, 0.25) is 0 Å². The molecule has 0 amide bonds. The number of hydrogen-bond acceptors (Lipinski definition) is 0. The SMILES string of the molecule is C1=CC23CC2C=CC2=C3C(=C1)c1cc3c(cc12)-c1ccc(-c2c(-c4ccccc4)c(-c4ccccc4)c(-c4ccccc4)c(-c4ccccc4)c2-c2ccccc2)c2c1C3CC=C2. The van der Waals surface area contributed by atoms with Crippen molar-refractivity contribution in [1.82, 2.24) is 0 Å². The quantitative estimate of drug-likeness (QED) is 0.157. The third kappa shape index (κ3) is 4.92. The first kappa shape index (κ1) is 35.1. The van der Waals surface area contributed by atoms with Crippen LogP contribution in [0.4, 0.5) is 0 Å². The van der Waals surface area contributed by atoms with Gasteiger partial charge < -0.3 is 0 Å². The lowest BCUT2D eigenvalue weighted by Gasteiger charge is -2.30. The van der Waals surface area contributed by atoms with E-state index in [1.807, 2.05) is 0 Å². The highest BCUT2D eigenvalue weighted by Crippen LogP contribution is 2.70. The first-order valence-electron chi connectivity index (χ1n) is 22.6. The molecule has 0 radical (unpaired) electrons. The summed E-state index contributed by atoms with van der Waals surface area (Å²) in [7, 11) is 0. The average Bonchev–Trinajstić information content (AvgIpc) is 3.87. The molecule has 3 atom stereocenters. The van der Waals surface area contributed by atoms with Gasteiger partial charge in [0.15, 0.2) is 0 Å². The van der Waals surface area contributed by atoms with E-state index in [-0.39, 0.29) is 5.41 Å². The van der Waals surface area contributed by atoms with E-state index >= 15 is 0 Å². The van der Waals surface area contributed by atoms with Crippen LogP contribution in [-0.4, -0.2) is 0 Å². The topological polar surface area (TPSA) is 0 Å². The number of rotatable bonds is 6. The Hall–Kier alpha value is -7.54. The lowest BCUT2D eigenvalue weighted by atomic mass is 9.72. The molecule has 0 saturated heterocycles. The van der Waals surface area contributed by atoms with Gasteiger partial charge >= 0.3 is 0 Å². The smallest absolute Gasteiger partial charge is 0.0216 e. The van der Waals surface area contributed by atoms with Crippen LogP contribution in [-0.2, 0) is 0 Å². The molecule has 0 nitrogen and oxygen atoms in total. The van der Waals surface area contributed by atoms with E-state index in [0.717, 1.165) is 6.42 Å². The summed E-state index contributed by atoms with van der Waals surface area (Å²) in [5.41, 5.74) is 29.5. The minimum absolute atomic E-state index is 0.214. The molecule has 3 unspecified atom stereocenters. The Morgan fingerprint density at radius 2 is 0.952 bits per heavy atom. The van der Waals surface area contributed by atoms with Gasteiger partial charge in [-0.05, 0) is 153 Å². The molecule has 0 heterocycles. The fourth-order valence-electron chi connectivity index (χ4n) is 12.3. The highest BCUT2D eigenvalue weighted by atomic mass is 14.6. The van der Waals surface area contributed by atoms with Crippen molar-refractivity contribution in [3.8, 4) is 77.9 Å². The number of fused-ring (bicyclic) bond motifs is 6. The second-order valence-electron chi connectivity index (χ2n) is 18.2. The molecule has 6 aliphatic carbocycles. The fourth-order valence-corrected chi connectivity index (χ4v) is 12.3. The van der Waals surface area contributed by atoms with Crippen molar-refractivity contribution in [1.29, 1.82) is 0 Å². The Balaban J connectivity index is 1.11. The van der Waals surface area contributed by atoms with Gasteiger partial charge in [-0.2, -0.15) is 0 Å². The molecule has 0 aromatic heterocycles. The molecule has 0 aliphatic heterocycles. The van der Waals surface area contributed by atoms with Crippen LogP contribution < -0.4 is 0 Å². The van der Waals surface area contributed by atoms with Gasteiger partial charge in [0.1, 0.15) is 0 Å². The molecule has 6 aliphatic rings. The molecule has 8 aromatic rings. The van der Waals surface area contributed by atoms with Crippen LogP contribution in [0.1, 0.15) is 46.6 Å². The molecule has 294 valence electrons. The molecule has 0 bridgehead atoms. The zero-order chi connectivity index (χ0) is 41.2. The summed E-state index contributed by atoms with van der Waals surface area (Å²) in [6, 6.07) is 65.8. The van der Waals surface area contributed by atoms with Crippen LogP contribution in [0.5, 0.6) is 0 Å². The second-order valence-corrected chi connectivity index (χ2v) is 18.2. The summed E-state index contributed by atoms with van der Waals surface area (Å²) in [5.74, 6) is 0.942. The van der Waals surface area contributed by atoms with Crippen LogP contribution in [0.25, 0.3) is 95.1 Å². The molecular weight excluding hydrogens is 757 g/mol. The molecule has 1 fully saturated rings. The summed E-state index contributed by atoms with van der Waals surface area (Å²) in [5, 5.41) is 0. The first-order valence-corrected chi connectivity index (χ1v) is 22.6. The maximum atomic E-state index is 2.60. The van der Waals surface area contributed by atoms with Gasteiger partial charge in [-0.3, -0.25) is 0 Å². The van der Waals surface area contributed by atoms with Gasteiger partial charge in [0.05, 0.1) is 0 Å². The molecule has 0 heteroatoms. The second kappa shape index (κ2) is 13.2. The number of benzene rings is 8. The van der Waals surface area contributed by atoms with Crippen molar-refractivity contribution in [2.24, 2.45) is 11.3 Å². The van der Waals surface area contributed by atoms with E-state index in [4.69, 9.17) is 0 Å². The highest BCUT2D eigenvalue weighted by Gasteiger charge is 2.58. The van der Waals surface area contributed by atoms with E-state index in [2.05, 4.69) is 218 Å². The fraction of sp³-hybridized carbons (Fsp3) is 0.0794. The van der Waals surface area contributed by atoms with Gasteiger partial charge in [0.25, 0.3) is 0 Å². The van der Waals surface area contributed by atoms with Crippen molar-refractivity contribution in [2.45, 2.75) is 18.8 Å². The Bertz CT molecular complexity index is 3290. The summed E-state index contributed by atoms with van der Waals surface area (Å²) >= 11 is 0. The minimum Gasteiger partial charge on any atom is -0.0830 e. The summed E-state index contributed by atoms with van der Waals surface area (Å²) in [6.45, 7) is 0. The van der Waals surface area contributed by atoms with Crippen LogP contribution >= 0.6 is 0 Å². The molecule has 63 heavy (non-hydrogen) atoms. The normalized spacial score (nSPS) is 19.8. The van der Waals surface area contributed by atoms with Crippen LogP contribution in [0, 0.1) is 11.3 Å². The predicted octanol–water partition coefficient (Wildman–Crippen LogP) is 16.5. The molecular formula is C63H42. The van der Waals surface area contributed by atoms with Gasteiger partial charge in [0, 0.05) is 11.3 Å². The van der Waals surface area contributed by atoms with Crippen molar-refractivity contribution < 1.29 is 0 Å². The zero-order valence-electron chi connectivity index (χ0n) is 34.9. The monoisotopic (exact) mass is 798 g/mol. The third-order valence-corrected chi connectivity index (χ3v) is 15.0. The van der Waals surface area contributed by atoms with Crippen LogP contribution in [0.15, 0.2) is 218 Å². The van der Waals surface area contributed by atoms with E-state index in [0.29, 0.717) is 11.8 Å². The lowest BCUT2D eigenvalue weighted by Crippen LogP contribution is -2.10. The average molecular weight is 799 g/mol. The van der Waals surface area contributed by atoms with Crippen molar-refractivity contribution in [3.05, 3.63) is 246 Å². The summed E-state index contributed by atoms with van der Waals surface area (Å²) in [4.78, 5) is 0. The zero-order valence-corrected chi connectivity index (χ0v) is 34.9.